The van der Waals surface area contributed by atoms with Crippen LogP contribution in [0.5, 0.6) is 0 Å². The normalized spacial score (nSPS) is 21.5. The van der Waals surface area contributed by atoms with Crippen molar-refractivity contribution in [1.29, 1.82) is 0 Å². The standard InChI is InChI=1S/C51H34O.C48H28O.C42H26O/c1-51(2)44-29-33(31-13-4-3-5-14-31)24-26-36(44)37-27-25-34(30-45(37)51)47-38-17-8-10-19-40(38)48(41-20-11-9-18-39(41)47)42-21-12-22-46-49(42)43-28-23-32-15-6-7-16-35(32)50(43)52-46;1-3-14-32-29(12-1)24-25-31-28-42(34-16-5-6-17-35(34)44(31)32)46-38-20-9-7-18-36(38)45(37-19-8-10-21-39(37)46)40-22-11-23-43-47(40)41-27-26-30-13-2-4-15-33(30)48(41)49-43;1-2-12-29(13-3-1)39-33-15-6-8-17-35(33)40(36-18-9-7-16-34(36)39)30-23-21-28(22-24-30)31-19-10-20-38-41(31)37-26-25-27-11-4-5-14-32(27)42(37)43-38/h3-30H,1-2H3;1-28H;1-26H/i1D3,3D,4D,5D,6D,7D,8D,9D,10D,11D,12D,13D,14D,15D,16D,17D,18D,19D,20D,21D,22D,23D,24D,25D,26D,27D,28D,29D,30D;1D,2D,3D,4D,5D,6D,7D,8D,9D,10D,11D,12D,13D,14D,15D,16D,17D,18D,19D,20D,21D,22D,23D,24D,25D,26D,27D,28D;1D,2D,3D,4D,5D,6D,7D,8D,9D,10D,11D,12D,13D,14D,15D,16D,17D,18D,19D,20D,21D,22D,23D,24D,25D,26D. The van der Waals surface area contributed by atoms with Crippen molar-refractivity contribution in [2.75, 3.05) is 0 Å². The molecule has 0 N–H and O–H groups in total. The Morgan fingerprint density at radius 3 is 0.868 bits per heavy atom. The Morgan fingerprint density at radius 2 is 0.451 bits per heavy atom. The summed E-state index contributed by atoms with van der Waals surface area (Å²) in [4.78, 5) is 0. The van der Waals surface area contributed by atoms with E-state index in [1.807, 2.05) is 0 Å². The Balaban J connectivity index is 0.000000145. The van der Waals surface area contributed by atoms with E-state index in [-0.39, 0.29) is 0 Å². The number of rotatable bonds is 8. The summed E-state index contributed by atoms with van der Waals surface area (Å²) in [5.41, 5.74) is -21.3. The molecule has 30 aromatic rings. The van der Waals surface area contributed by atoms with Crippen LogP contribution in [0.25, 0.3) is 295 Å². The molecule has 0 saturated heterocycles. The van der Waals surface area contributed by atoms with Crippen LogP contribution in [0, 0.1) is 0 Å². The minimum atomic E-state index is -3.49. The van der Waals surface area contributed by atoms with Gasteiger partial charge in [0.05, 0.1) is 112 Å². The van der Waals surface area contributed by atoms with Gasteiger partial charge in [0.1, 0.15) is 33.5 Å². The highest BCUT2D eigenvalue weighted by Gasteiger charge is 2.37. The molecule has 0 amide bonds. The quantitative estimate of drug-likeness (QED) is 0.112. The Bertz CT molecular complexity index is 15900. The van der Waals surface area contributed by atoms with Gasteiger partial charge in [-0.3, -0.25) is 0 Å². The number of hydrogen-bond donors (Lipinski definition) is 0. The lowest BCUT2D eigenvalue weighted by Crippen LogP contribution is -2.15. The molecular formula is C141H88O3. The van der Waals surface area contributed by atoms with E-state index in [1.165, 1.54) is 0 Å². The second-order valence-corrected chi connectivity index (χ2v) is 32.4. The van der Waals surface area contributed by atoms with Crippen molar-refractivity contribution >= 4 is 195 Å². The second-order valence-electron chi connectivity index (χ2n) is 32.4. The van der Waals surface area contributed by atoms with E-state index < -0.39 is 814 Å². The van der Waals surface area contributed by atoms with Gasteiger partial charge in [-0.05, 0) is 279 Å². The molecule has 1 atom stereocenters. The first-order valence-corrected chi connectivity index (χ1v) is 43.0. The van der Waals surface area contributed by atoms with Gasteiger partial charge in [-0.1, -0.05) is 455 Å². The summed E-state index contributed by atoms with van der Waals surface area (Å²) < 4.78 is 788. The van der Waals surface area contributed by atoms with Crippen molar-refractivity contribution in [3.8, 4) is 100 Å². The van der Waals surface area contributed by atoms with Crippen LogP contribution in [0.3, 0.4) is 0 Å². The van der Waals surface area contributed by atoms with Crippen molar-refractivity contribution in [2.45, 2.75) is 19.2 Å². The number of benzene rings is 27. The maximum absolute atomic E-state index is 10.2. The van der Waals surface area contributed by atoms with Crippen LogP contribution in [0.2, 0.25) is 0 Å². The smallest absolute Gasteiger partial charge is 0.143 e. The monoisotopic (exact) mass is 1910 g/mol. The van der Waals surface area contributed by atoms with Crippen molar-refractivity contribution in [2.24, 2.45) is 0 Å². The minimum Gasteiger partial charge on any atom is -0.455 e. The molecule has 27 aromatic carbocycles. The zero-order chi connectivity index (χ0) is 169. The zero-order valence-electron chi connectivity index (χ0n) is 157. The molecule has 31 rings (SSSR count). The maximum Gasteiger partial charge on any atom is 0.143 e. The van der Waals surface area contributed by atoms with Crippen molar-refractivity contribution in [3.05, 3.63) is 507 Å². The van der Waals surface area contributed by atoms with Crippen LogP contribution < -0.4 is 0 Å². The van der Waals surface area contributed by atoms with E-state index in [0.717, 1.165) is 6.92 Å². The fourth-order valence-corrected chi connectivity index (χ4v) is 18.8. The fraction of sp³-hybridized carbons (Fsp3) is 0.0213. The molecule has 0 aliphatic heterocycles. The number of furan rings is 3. The van der Waals surface area contributed by atoms with Crippen LogP contribution in [0.4, 0.5) is 0 Å². The first kappa shape index (κ1) is 34.2. The van der Waals surface area contributed by atoms with Crippen LogP contribution >= 0.6 is 0 Å². The highest BCUT2D eigenvalue weighted by Crippen LogP contribution is 2.57. The van der Waals surface area contributed by atoms with Gasteiger partial charge < -0.3 is 13.3 Å². The third-order valence-electron chi connectivity index (χ3n) is 24.8. The molecule has 3 heteroatoms. The third-order valence-corrected chi connectivity index (χ3v) is 24.8. The fourth-order valence-electron chi connectivity index (χ4n) is 18.8. The highest BCUT2D eigenvalue weighted by atomic mass is 16.3. The lowest BCUT2D eigenvalue weighted by Gasteiger charge is -2.23. The molecule has 0 spiro atoms. The van der Waals surface area contributed by atoms with Crippen LogP contribution in [0.15, 0.2) is 509 Å². The van der Waals surface area contributed by atoms with Gasteiger partial charge in [-0.25, -0.2) is 0 Å². The molecule has 1 aliphatic rings. The topological polar surface area (TPSA) is 39.4 Å². The summed E-state index contributed by atoms with van der Waals surface area (Å²) in [6, 6.07) is -75.8. The summed E-state index contributed by atoms with van der Waals surface area (Å²) in [5.74, 6) is 0. The maximum atomic E-state index is 10.2. The van der Waals surface area contributed by atoms with E-state index in [1.54, 1.807) is 0 Å². The second kappa shape index (κ2) is 32.8. The van der Waals surface area contributed by atoms with Gasteiger partial charge in [0.25, 0.3) is 0 Å². The highest BCUT2D eigenvalue weighted by molar-refractivity contribution is 6.33. The van der Waals surface area contributed by atoms with Crippen molar-refractivity contribution < 1.29 is 130 Å². The van der Waals surface area contributed by atoms with Gasteiger partial charge in [0, 0.05) is 58.0 Å². The summed E-state index contributed by atoms with van der Waals surface area (Å²) in [6.45, 7) is -2.52. The van der Waals surface area contributed by atoms with Gasteiger partial charge in [-0.2, -0.15) is 0 Å². The van der Waals surface area contributed by atoms with Gasteiger partial charge in [0.15, 0.2) is 0 Å². The summed E-state index contributed by atoms with van der Waals surface area (Å²) >= 11 is 0. The lowest BCUT2D eigenvalue weighted by atomic mass is 9.80. The van der Waals surface area contributed by atoms with Gasteiger partial charge in [-0.15, -0.1) is 0 Å². The van der Waals surface area contributed by atoms with E-state index in [9.17, 15) is 41.1 Å². The largest absolute Gasteiger partial charge is 0.455 e. The molecule has 3 heterocycles. The van der Waals surface area contributed by atoms with Crippen LogP contribution in [-0.4, -0.2) is 0 Å². The Morgan fingerprint density at radius 1 is 0.167 bits per heavy atom. The molecule has 0 bridgehead atoms. The van der Waals surface area contributed by atoms with Crippen molar-refractivity contribution in [1.82, 2.24) is 0 Å². The molecule has 1 aliphatic carbocycles. The van der Waals surface area contributed by atoms with Gasteiger partial charge in [0.2, 0.25) is 0 Å². The van der Waals surface area contributed by atoms with Crippen molar-refractivity contribution in [3.63, 3.8) is 0 Å². The molecule has 0 saturated carbocycles. The van der Waals surface area contributed by atoms with E-state index in [2.05, 4.69) is 0 Å². The molecule has 144 heavy (non-hydrogen) atoms. The molecule has 0 radical (unpaired) electrons. The molecule has 3 aromatic heterocycles. The first-order valence-electron chi connectivity index (χ1n) is 85.5. The predicted molar refractivity (Wildman–Crippen MR) is 612 cm³/mol. The molecule has 1 unspecified atom stereocenters. The SMILES string of the molecule is [2H]c1c([2H])c(-c2c3c([2H])c([2H])c([2H])c([2H])c3c(-c3c([2H])c4c([2H])c([2H])c5c([2H])c([2H])c([2H])c([2H])c5c4c4c([2H])c([2H])c([2H])c([2H])c34)c3c([2H])c([2H])c([2H])c([2H])c23)c2c(oc3c4c([2H])c([2H])c([2H])c([2H])c4c([2H])c([2H])c32)c1[2H].[2H]c1c([2H])c([2H])c(-c2c([2H])c([2H])c3c(c2[2H])C(C)(C([2H])([2H])[2H])c2c([2H])c(-c4c5c([2H])c([2H])c([2H])c([2H])c5c(-c5c([2H])c([2H])c([2H])c6oc7c8c([2H])c([2H])c([2H])c([2H])c8c([2H])c([2H])c7c56)c5c([2H])c([2H])c([2H])c([2H])c45)c([2H])c([2H])c2-3)c([2H])c1[2H].[2H]c1c([2H])c([2H])c(-c2c3c([2H])c([2H])c([2H])c([2H])c3c(-c3c([2H])c([2H])c(-c4c([2H])c([2H])c([2H])c5oc6c7c([2H])c([2H])c([2H])c([2H])c7c([2H])c([2H])c6c45)c([2H])c3[2H])c3c([2H])c([2H])c([2H])c([2H])c23)c([2H])c1[2H]. The van der Waals surface area contributed by atoms with Gasteiger partial charge >= 0.3 is 0 Å². The average molecular weight is 1920 g/mol. The summed E-state index contributed by atoms with van der Waals surface area (Å²) in [6.07, 6.45) is 0. The van der Waals surface area contributed by atoms with Crippen LogP contribution in [-0.2, 0) is 5.41 Å². The Kier molecular flexibility index (Phi) is 7.79. The van der Waals surface area contributed by atoms with E-state index in [4.69, 9.17) is 88.6 Å². The predicted octanol–water partition coefficient (Wildman–Crippen LogP) is 40.2. The first-order chi connectivity index (χ1) is 107. The summed E-state index contributed by atoms with van der Waals surface area (Å²) in [7, 11) is 0. The van der Waals surface area contributed by atoms with E-state index in [0.29, 0.717) is 0 Å². The summed E-state index contributed by atoms with van der Waals surface area (Å²) in [5, 5.41) is -18.5. The zero-order valence-corrected chi connectivity index (χ0v) is 72.2. The number of hydrogen-bond acceptors (Lipinski definition) is 3. The molecule has 670 valence electrons. The molecular weight excluding hydrogens is 1740 g/mol. The Hall–Kier alpha value is -18.5. The minimum absolute atomic E-state index is 0.411. The average Bonchev–Trinajstić information content (AvgIpc) is 1.61. The lowest BCUT2D eigenvalue weighted by molar-refractivity contribution is 0.661. The van der Waals surface area contributed by atoms with Crippen LogP contribution in [0.1, 0.15) is 141 Å². The molecule has 3 nitrogen and oxygen atoms in total. The molecule has 0 fully saturated rings. The third kappa shape index (κ3) is 12.8. The number of fused-ring (bicyclic) bond motifs is 29. The Labute approximate surface area is 949 Å². The van der Waals surface area contributed by atoms with E-state index >= 15 is 0 Å².